The number of hydrogen-bond donors (Lipinski definition) is 0. The third-order valence-corrected chi connectivity index (χ3v) is 21.9. The van der Waals surface area contributed by atoms with E-state index in [0.717, 1.165) is 0 Å². The van der Waals surface area contributed by atoms with Gasteiger partial charge in [-0.25, -0.2) is 0 Å². The molecule has 0 N–H and O–H groups in total. The minimum absolute atomic E-state index is 0. The van der Waals surface area contributed by atoms with E-state index in [2.05, 4.69) is 58.8 Å². The third-order valence-electron chi connectivity index (χ3n) is 3.78. The van der Waals surface area contributed by atoms with Crippen LogP contribution in [0.25, 0.3) is 0 Å². The van der Waals surface area contributed by atoms with Crippen LogP contribution in [-0.2, 0) is 22.9 Å². The Hall–Kier alpha value is 0.916. The first-order valence-corrected chi connectivity index (χ1v) is 25.5. The molecule has 0 radical (unpaired) electrons. The SMILES string of the molecule is [CH3][Ge]([CH3])([CH3])[C]1=[C]([Hf+2][C]2=[C]([Ge]([CH3])([CH3])[CH3])C=CC2)CC=C1.[H-].[H-]. The predicted octanol–water partition coefficient (Wildman–Crippen LogP) is 5.48. The average molecular weight is 544 g/mol. The zero-order valence-electron chi connectivity index (χ0n) is 15.2. The Labute approximate surface area is 138 Å². The van der Waals surface area contributed by atoms with Crippen LogP contribution in [0.2, 0.25) is 34.5 Å². The molecule has 0 spiro atoms. The van der Waals surface area contributed by atoms with Gasteiger partial charge in [0.25, 0.3) is 0 Å². The molecule has 2 aliphatic rings. The van der Waals surface area contributed by atoms with Gasteiger partial charge in [-0.05, 0) is 0 Å². The summed E-state index contributed by atoms with van der Waals surface area (Å²) in [4.78, 5) is 0. The van der Waals surface area contributed by atoms with Crippen LogP contribution in [0.1, 0.15) is 15.7 Å². The number of rotatable bonds is 4. The summed E-state index contributed by atoms with van der Waals surface area (Å²) in [6.45, 7) is 0. The molecule has 0 saturated carbocycles. The Bertz CT molecular complexity index is 457. The Balaban J connectivity index is 0.00000200. The second-order valence-corrected chi connectivity index (χ2v) is 34.0. The summed E-state index contributed by atoms with van der Waals surface area (Å²) in [5.41, 5.74) is 0. The summed E-state index contributed by atoms with van der Waals surface area (Å²) in [6, 6.07) is 0. The average Bonchev–Trinajstić information content (AvgIpc) is 2.83. The van der Waals surface area contributed by atoms with Crippen molar-refractivity contribution in [2.45, 2.75) is 47.4 Å². The molecule has 0 aromatic rings. The summed E-state index contributed by atoms with van der Waals surface area (Å²) in [7, 11) is 0. The number of allylic oxidation sites excluding steroid dienone is 8. The van der Waals surface area contributed by atoms with Crippen LogP contribution in [0.5, 0.6) is 0 Å². The molecule has 0 heterocycles. The van der Waals surface area contributed by atoms with Crippen LogP contribution in [-0.4, -0.2) is 26.5 Å². The van der Waals surface area contributed by atoms with Gasteiger partial charge in [0, 0.05) is 0 Å². The standard InChI is InChI=1S/2C8H13Ge.Hf.2H/c2*1-9(2,3)8-6-4-5-7-8;;;/h2*4,6H,5H2,1-3H3;;;/q;;+2;2*-1. The van der Waals surface area contributed by atoms with E-state index >= 15 is 0 Å². The molecular weight excluding hydrogens is 516 g/mol. The van der Waals surface area contributed by atoms with Gasteiger partial charge in [-0.2, -0.15) is 0 Å². The largest absolute Gasteiger partial charge is 1.00 e. The van der Waals surface area contributed by atoms with Crippen LogP contribution in [0.4, 0.5) is 0 Å². The second kappa shape index (κ2) is 5.96. The maximum absolute atomic E-state index is 2.55. The van der Waals surface area contributed by atoms with E-state index in [4.69, 9.17) is 0 Å². The van der Waals surface area contributed by atoms with Crippen LogP contribution in [0.15, 0.2) is 39.8 Å². The molecule has 0 unspecified atom stereocenters. The molecule has 0 amide bonds. The Morgan fingerprint density at radius 2 is 1.16 bits per heavy atom. The number of hydrogen-bond acceptors (Lipinski definition) is 0. The molecule has 19 heavy (non-hydrogen) atoms. The summed E-state index contributed by atoms with van der Waals surface area (Å²) < 4.78 is 7.58. The molecule has 0 nitrogen and oxygen atoms in total. The summed E-state index contributed by atoms with van der Waals surface area (Å²) >= 11 is -3.97. The molecule has 0 aliphatic heterocycles. The predicted molar refractivity (Wildman–Crippen MR) is 90.5 cm³/mol. The van der Waals surface area contributed by atoms with Gasteiger partial charge >= 0.3 is 137 Å². The van der Waals surface area contributed by atoms with Gasteiger partial charge < -0.3 is 2.85 Å². The quantitative estimate of drug-likeness (QED) is 0.412. The van der Waals surface area contributed by atoms with Crippen molar-refractivity contribution in [3.8, 4) is 0 Å². The van der Waals surface area contributed by atoms with Crippen LogP contribution in [0.3, 0.4) is 0 Å². The molecular formula is C16H28Ge2Hf. The van der Waals surface area contributed by atoms with E-state index in [-0.39, 0.29) is 2.85 Å². The third kappa shape index (κ3) is 3.97. The van der Waals surface area contributed by atoms with E-state index in [9.17, 15) is 0 Å². The van der Waals surface area contributed by atoms with Gasteiger partial charge in [-0.1, -0.05) is 0 Å². The minimum atomic E-state index is -1.62. The van der Waals surface area contributed by atoms with Gasteiger partial charge in [0.1, 0.15) is 0 Å². The van der Waals surface area contributed by atoms with Gasteiger partial charge in [-0.15, -0.1) is 0 Å². The van der Waals surface area contributed by atoms with Gasteiger partial charge in [0.15, 0.2) is 0 Å². The second-order valence-electron chi connectivity index (χ2n) is 7.62. The zero-order valence-corrected chi connectivity index (χ0v) is 21.0. The first-order valence-electron chi connectivity index (χ1n) is 7.27. The normalized spacial score (nSPS) is 19.7. The van der Waals surface area contributed by atoms with E-state index in [0.29, 0.717) is 0 Å². The van der Waals surface area contributed by atoms with Crippen molar-refractivity contribution in [2.75, 3.05) is 0 Å². The fourth-order valence-corrected chi connectivity index (χ4v) is 30.3. The van der Waals surface area contributed by atoms with Crippen molar-refractivity contribution in [2.24, 2.45) is 0 Å². The molecule has 0 aromatic carbocycles. The Kier molecular flexibility index (Phi) is 5.11. The van der Waals surface area contributed by atoms with Gasteiger partial charge in [0.05, 0.1) is 0 Å². The first-order chi connectivity index (χ1) is 8.69. The topological polar surface area (TPSA) is 0 Å². The van der Waals surface area contributed by atoms with Crippen molar-refractivity contribution in [1.29, 1.82) is 0 Å². The van der Waals surface area contributed by atoms with Crippen LogP contribution in [0, 0.1) is 0 Å². The van der Waals surface area contributed by atoms with Gasteiger partial charge in [-0.3, -0.25) is 0 Å². The fourth-order valence-electron chi connectivity index (χ4n) is 2.83. The minimum Gasteiger partial charge on any atom is -1.00 e. The molecule has 104 valence electrons. The Morgan fingerprint density at radius 3 is 1.47 bits per heavy atom. The molecule has 0 atom stereocenters. The monoisotopic (exact) mass is 548 g/mol. The van der Waals surface area contributed by atoms with E-state index in [1.807, 2.05) is 15.5 Å². The van der Waals surface area contributed by atoms with E-state index in [1.165, 1.54) is 12.8 Å². The molecule has 0 bridgehead atoms. The van der Waals surface area contributed by atoms with Gasteiger partial charge in [0.2, 0.25) is 0 Å². The molecule has 0 aromatic heterocycles. The van der Waals surface area contributed by atoms with E-state index < -0.39 is 49.4 Å². The summed E-state index contributed by atoms with van der Waals surface area (Å²) in [6.07, 6.45) is 12.5. The van der Waals surface area contributed by atoms with Crippen molar-refractivity contribution < 1.29 is 25.8 Å². The molecule has 2 aliphatic carbocycles. The smallest absolute Gasteiger partial charge is 1.00 e. The molecule has 3 heteroatoms. The Morgan fingerprint density at radius 1 is 0.789 bits per heavy atom. The maximum atomic E-state index is 2.55. The first kappa shape index (κ1) is 16.3. The van der Waals surface area contributed by atoms with E-state index in [1.54, 1.807) is 0 Å². The van der Waals surface area contributed by atoms with Crippen LogP contribution < -0.4 is 0 Å². The van der Waals surface area contributed by atoms with Crippen molar-refractivity contribution in [3.63, 3.8) is 0 Å². The van der Waals surface area contributed by atoms with Crippen molar-refractivity contribution in [3.05, 3.63) is 39.8 Å². The molecule has 0 saturated heterocycles. The van der Waals surface area contributed by atoms with Crippen molar-refractivity contribution >= 4 is 26.5 Å². The van der Waals surface area contributed by atoms with Crippen molar-refractivity contribution in [1.82, 2.24) is 0 Å². The zero-order chi connectivity index (χ0) is 14.3. The molecule has 2 rings (SSSR count). The fraction of sp³-hybridized carbons (Fsp3) is 0.500. The van der Waals surface area contributed by atoms with Crippen LogP contribution >= 0.6 is 0 Å². The maximum Gasteiger partial charge on any atom is -1.00 e. The summed E-state index contributed by atoms with van der Waals surface area (Å²) in [5, 5.41) is 0. The summed E-state index contributed by atoms with van der Waals surface area (Å²) in [5.74, 6) is 15.3. The molecule has 0 fully saturated rings.